The lowest BCUT2D eigenvalue weighted by Crippen LogP contribution is -3.00. The van der Waals surface area contributed by atoms with Gasteiger partial charge in [-0.3, -0.25) is 0 Å². The van der Waals surface area contributed by atoms with Crippen molar-refractivity contribution in [3.63, 3.8) is 0 Å². The van der Waals surface area contributed by atoms with E-state index in [1.165, 1.54) is 11.1 Å². The molecule has 0 atom stereocenters. The van der Waals surface area contributed by atoms with Crippen LogP contribution in [0.5, 0.6) is 23.0 Å². The normalized spacial score (nSPS) is 10.9. The number of methoxy groups -OCH3 is 4. The van der Waals surface area contributed by atoms with Gasteiger partial charge in [0, 0.05) is 10.8 Å². The molecular weight excluding hydrogens is 522 g/mol. The van der Waals surface area contributed by atoms with Crippen LogP contribution in [0.4, 0.5) is 0 Å². The topological polar surface area (TPSA) is 40.8 Å². The van der Waals surface area contributed by atoms with Crippen LogP contribution in [0.1, 0.15) is 0 Å². The van der Waals surface area contributed by atoms with E-state index in [1.807, 2.05) is 12.1 Å². The summed E-state index contributed by atoms with van der Waals surface area (Å²) >= 11 is 0. The van der Waals surface area contributed by atoms with Crippen molar-refractivity contribution in [3.8, 4) is 45.3 Å². The number of fused-ring (bicyclic) bond motifs is 5. The van der Waals surface area contributed by atoms with Gasteiger partial charge in [-0.1, -0.05) is 54.6 Å². The average Bonchev–Trinajstić information content (AvgIpc) is 2.99. The van der Waals surface area contributed by atoms with Crippen LogP contribution in [0.15, 0.2) is 91.1 Å². The molecule has 0 saturated heterocycles. The van der Waals surface area contributed by atoms with Gasteiger partial charge in [-0.05, 0) is 52.6 Å². The zero-order valence-corrected chi connectivity index (χ0v) is 23.9. The fourth-order valence-electron chi connectivity index (χ4n) is 5.60. The fourth-order valence-corrected chi connectivity index (χ4v) is 5.60. The number of hydrogen-bond acceptors (Lipinski definition) is 4. The van der Waals surface area contributed by atoms with E-state index in [4.69, 9.17) is 18.9 Å². The maximum Gasteiger partial charge on any atom is 0.220 e. The van der Waals surface area contributed by atoms with E-state index in [0.717, 1.165) is 43.6 Å². The van der Waals surface area contributed by atoms with Crippen LogP contribution >= 0.6 is 0 Å². The predicted molar refractivity (Wildman–Crippen MR) is 157 cm³/mol. The quantitative estimate of drug-likeness (QED) is 0.228. The maximum absolute atomic E-state index is 5.80. The van der Waals surface area contributed by atoms with Gasteiger partial charge in [0.25, 0.3) is 0 Å². The number of aryl methyl sites for hydroxylation is 1. The predicted octanol–water partition coefficient (Wildman–Crippen LogP) is 4.34. The van der Waals surface area contributed by atoms with Crippen molar-refractivity contribution in [1.82, 2.24) is 0 Å². The summed E-state index contributed by atoms with van der Waals surface area (Å²) in [6.07, 6.45) is 2.10. The molecule has 1 heterocycles. The molecule has 6 aromatic rings. The molecule has 202 valence electrons. The molecule has 0 fully saturated rings. The number of benzene rings is 5. The van der Waals surface area contributed by atoms with Gasteiger partial charge < -0.3 is 31.4 Å². The van der Waals surface area contributed by atoms with E-state index in [9.17, 15) is 0 Å². The van der Waals surface area contributed by atoms with Gasteiger partial charge in [-0.25, -0.2) is 0 Å². The highest BCUT2D eigenvalue weighted by atomic mass is 35.5. The molecule has 0 aliphatic carbocycles. The van der Waals surface area contributed by atoms with E-state index in [2.05, 4.69) is 90.6 Å². The molecule has 0 aliphatic heterocycles. The van der Waals surface area contributed by atoms with Gasteiger partial charge in [0.05, 0.1) is 44.6 Å². The summed E-state index contributed by atoms with van der Waals surface area (Å²) in [6, 6.07) is 29.7. The molecule has 0 N–H and O–H groups in total. The second kappa shape index (κ2) is 10.9. The summed E-state index contributed by atoms with van der Waals surface area (Å²) in [6.45, 7) is 0. The Hall–Kier alpha value is -4.48. The van der Waals surface area contributed by atoms with Crippen molar-refractivity contribution in [2.45, 2.75) is 0 Å². The van der Waals surface area contributed by atoms with Crippen molar-refractivity contribution < 1.29 is 35.9 Å². The van der Waals surface area contributed by atoms with Gasteiger partial charge in [0.1, 0.15) is 7.05 Å². The van der Waals surface area contributed by atoms with Crippen molar-refractivity contribution >= 4 is 32.4 Å². The fraction of sp³-hybridized carbons (Fsp3) is 0.147. The first kappa shape index (κ1) is 27.1. The summed E-state index contributed by atoms with van der Waals surface area (Å²) in [5, 5.41) is 5.34. The standard InChI is InChI=1S/C34H30NO4.ClH/c1-35-20-29-24(15-16-30(36-2)34(29)39-5)27-17-25(23-13-11-22(12-14-23)21-9-7-6-8-10-21)26-18-31(37-3)32(38-4)19-28(26)33(27)35;/h6-20H,1-5H3;1H/q+1;/p-1. The second-order valence-corrected chi connectivity index (χ2v) is 9.52. The summed E-state index contributed by atoms with van der Waals surface area (Å²) in [5.74, 6) is 2.80. The first-order valence-electron chi connectivity index (χ1n) is 12.8. The van der Waals surface area contributed by atoms with Crippen molar-refractivity contribution in [3.05, 3.63) is 91.1 Å². The average molecular weight is 552 g/mol. The molecule has 0 aliphatic rings. The molecule has 5 nitrogen and oxygen atoms in total. The lowest BCUT2D eigenvalue weighted by molar-refractivity contribution is -0.642. The van der Waals surface area contributed by atoms with E-state index in [0.29, 0.717) is 23.0 Å². The minimum absolute atomic E-state index is 0. The summed E-state index contributed by atoms with van der Waals surface area (Å²) < 4.78 is 25.0. The molecule has 5 aromatic carbocycles. The monoisotopic (exact) mass is 551 g/mol. The van der Waals surface area contributed by atoms with Crippen molar-refractivity contribution in [1.29, 1.82) is 0 Å². The van der Waals surface area contributed by atoms with Crippen LogP contribution in [0, 0.1) is 0 Å². The highest BCUT2D eigenvalue weighted by molar-refractivity contribution is 6.19. The smallest absolute Gasteiger partial charge is 0.220 e. The molecule has 0 radical (unpaired) electrons. The Balaban J connectivity index is 0.00000323. The van der Waals surface area contributed by atoms with Crippen LogP contribution in [0.2, 0.25) is 0 Å². The van der Waals surface area contributed by atoms with Gasteiger partial charge in [-0.2, -0.15) is 4.57 Å². The van der Waals surface area contributed by atoms with Crippen LogP contribution < -0.4 is 35.9 Å². The SMILES string of the molecule is COc1cc2c(-c3ccc(-c4ccccc4)cc3)cc3c4ccc(OC)c(OC)c4c[n+](C)c3c2cc1OC.[Cl-]. The molecule has 0 spiro atoms. The third kappa shape index (κ3) is 4.33. The summed E-state index contributed by atoms with van der Waals surface area (Å²) in [7, 11) is 8.75. The summed E-state index contributed by atoms with van der Waals surface area (Å²) in [4.78, 5) is 0. The highest BCUT2D eigenvalue weighted by Gasteiger charge is 2.23. The lowest BCUT2D eigenvalue weighted by atomic mass is 9.92. The number of rotatable bonds is 6. The Labute approximate surface area is 239 Å². The molecule has 1 aromatic heterocycles. The summed E-state index contributed by atoms with van der Waals surface area (Å²) in [5.41, 5.74) is 5.69. The highest BCUT2D eigenvalue weighted by Crippen LogP contribution is 2.44. The second-order valence-electron chi connectivity index (χ2n) is 9.52. The van der Waals surface area contributed by atoms with E-state index >= 15 is 0 Å². The largest absolute Gasteiger partial charge is 1.00 e. The Kier molecular flexibility index (Phi) is 7.42. The lowest BCUT2D eigenvalue weighted by Gasteiger charge is -2.16. The van der Waals surface area contributed by atoms with Crippen LogP contribution in [0.25, 0.3) is 54.7 Å². The first-order chi connectivity index (χ1) is 19.1. The molecule has 0 bridgehead atoms. The molecule has 0 unspecified atom stereocenters. The number of pyridine rings is 1. The van der Waals surface area contributed by atoms with Crippen molar-refractivity contribution in [2.24, 2.45) is 7.05 Å². The molecular formula is C34H30ClNO4. The van der Waals surface area contributed by atoms with Crippen LogP contribution in [0.3, 0.4) is 0 Å². The number of aromatic nitrogens is 1. The van der Waals surface area contributed by atoms with E-state index in [1.54, 1.807) is 28.4 Å². The van der Waals surface area contributed by atoms with E-state index in [-0.39, 0.29) is 12.4 Å². The third-order valence-electron chi connectivity index (χ3n) is 7.47. The Bertz CT molecular complexity index is 1850. The molecule has 40 heavy (non-hydrogen) atoms. The molecule has 6 rings (SSSR count). The van der Waals surface area contributed by atoms with Crippen LogP contribution in [-0.4, -0.2) is 28.4 Å². The molecule has 6 heteroatoms. The number of nitrogens with zero attached hydrogens (tertiary/aromatic N) is 1. The molecule has 0 amide bonds. The van der Waals surface area contributed by atoms with Crippen LogP contribution in [-0.2, 0) is 7.05 Å². The van der Waals surface area contributed by atoms with Gasteiger partial charge in [0.15, 0.2) is 29.2 Å². The zero-order valence-electron chi connectivity index (χ0n) is 23.1. The zero-order chi connectivity index (χ0) is 27.1. The Morgan fingerprint density at radius 1 is 0.500 bits per heavy atom. The number of hydrogen-bond donors (Lipinski definition) is 0. The van der Waals surface area contributed by atoms with Gasteiger partial charge >= 0.3 is 0 Å². The Morgan fingerprint density at radius 2 is 1.07 bits per heavy atom. The first-order valence-corrected chi connectivity index (χ1v) is 12.8. The molecule has 0 saturated carbocycles. The minimum atomic E-state index is 0. The number of ether oxygens (including phenoxy) is 4. The van der Waals surface area contributed by atoms with E-state index < -0.39 is 0 Å². The minimum Gasteiger partial charge on any atom is -1.00 e. The maximum atomic E-state index is 5.80. The third-order valence-corrected chi connectivity index (χ3v) is 7.47. The van der Waals surface area contributed by atoms with Gasteiger partial charge in [0.2, 0.25) is 5.52 Å². The number of halogens is 1. The van der Waals surface area contributed by atoms with Crippen molar-refractivity contribution in [2.75, 3.05) is 28.4 Å². The Morgan fingerprint density at radius 3 is 1.70 bits per heavy atom. The van der Waals surface area contributed by atoms with Gasteiger partial charge in [-0.15, -0.1) is 0 Å².